The molecule has 0 aliphatic heterocycles. The summed E-state index contributed by atoms with van der Waals surface area (Å²) in [7, 11) is 0. The van der Waals surface area contributed by atoms with E-state index in [-0.39, 0.29) is 5.97 Å². The lowest BCUT2D eigenvalue weighted by atomic mass is 10.2. The Morgan fingerprint density at radius 3 is 3.18 bits per heavy atom. The van der Waals surface area contributed by atoms with Crippen molar-refractivity contribution in [2.75, 3.05) is 6.61 Å². The molecule has 0 spiro atoms. The Morgan fingerprint density at radius 1 is 1.59 bits per heavy atom. The van der Waals surface area contributed by atoms with E-state index >= 15 is 0 Å². The van der Waals surface area contributed by atoms with Gasteiger partial charge >= 0.3 is 5.97 Å². The van der Waals surface area contributed by atoms with E-state index in [9.17, 15) is 4.79 Å². The molecule has 0 N–H and O–H groups in total. The number of thiophene rings is 1. The first-order chi connectivity index (χ1) is 8.29. The third-order valence-electron chi connectivity index (χ3n) is 2.35. The normalized spacial score (nSPS) is 10.4. The van der Waals surface area contributed by atoms with Crippen molar-refractivity contribution in [2.45, 2.75) is 19.9 Å². The van der Waals surface area contributed by atoms with Crippen LogP contribution in [0.5, 0.6) is 0 Å². The molecule has 4 nitrogen and oxygen atoms in total. The maximum Gasteiger partial charge on any atom is 0.341 e. The van der Waals surface area contributed by atoms with E-state index in [2.05, 4.69) is 21.9 Å². The average Bonchev–Trinajstić information content (AvgIpc) is 2.98. The molecule has 17 heavy (non-hydrogen) atoms. The zero-order valence-corrected chi connectivity index (χ0v) is 10.4. The molecule has 5 heteroatoms. The number of nitrogens with zero attached hydrogens (tertiary/aromatic N) is 2. The van der Waals surface area contributed by atoms with E-state index in [0.29, 0.717) is 12.2 Å². The smallest absolute Gasteiger partial charge is 0.341 e. The molecule has 2 aromatic rings. The molecule has 0 saturated heterocycles. The van der Waals surface area contributed by atoms with Crippen molar-refractivity contribution in [1.29, 1.82) is 0 Å². The zero-order valence-electron chi connectivity index (χ0n) is 9.63. The van der Waals surface area contributed by atoms with E-state index in [1.54, 1.807) is 35.3 Å². The zero-order chi connectivity index (χ0) is 12.1. The van der Waals surface area contributed by atoms with Crippen LogP contribution in [0.25, 0.3) is 0 Å². The largest absolute Gasteiger partial charge is 0.462 e. The minimum absolute atomic E-state index is 0.311. The molecule has 0 aliphatic carbocycles. The van der Waals surface area contributed by atoms with Crippen molar-refractivity contribution in [3.8, 4) is 0 Å². The first-order valence-electron chi connectivity index (χ1n) is 5.50. The molecule has 2 heterocycles. The van der Waals surface area contributed by atoms with E-state index in [1.807, 2.05) is 0 Å². The summed E-state index contributed by atoms with van der Waals surface area (Å²) in [6.45, 7) is 2.95. The SMILES string of the molecule is CCOC(=O)c1cnn(CCc2ccsc2)c1. The highest BCUT2D eigenvalue weighted by Gasteiger charge is 2.08. The quantitative estimate of drug-likeness (QED) is 0.765. The van der Waals surface area contributed by atoms with Gasteiger partial charge in [0.1, 0.15) is 0 Å². The highest BCUT2D eigenvalue weighted by Crippen LogP contribution is 2.08. The van der Waals surface area contributed by atoms with Crippen LogP contribution in [-0.4, -0.2) is 22.4 Å². The number of hydrogen-bond donors (Lipinski definition) is 0. The highest BCUT2D eigenvalue weighted by molar-refractivity contribution is 7.07. The van der Waals surface area contributed by atoms with E-state index < -0.39 is 0 Å². The molecule has 90 valence electrons. The van der Waals surface area contributed by atoms with Crippen molar-refractivity contribution in [1.82, 2.24) is 9.78 Å². The average molecular weight is 250 g/mol. The Hall–Kier alpha value is -1.62. The Morgan fingerprint density at radius 2 is 2.47 bits per heavy atom. The second-order valence-electron chi connectivity index (χ2n) is 3.59. The molecule has 0 aromatic carbocycles. The first-order valence-corrected chi connectivity index (χ1v) is 6.44. The van der Waals surface area contributed by atoms with Gasteiger partial charge in [0.15, 0.2) is 0 Å². The summed E-state index contributed by atoms with van der Waals surface area (Å²) >= 11 is 1.69. The molecular formula is C12H14N2O2S. The van der Waals surface area contributed by atoms with Gasteiger partial charge in [-0.05, 0) is 35.7 Å². The standard InChI is InChI=1S/C12H14N2O2S/c1-2-16-12(15)11-7-13-14(8-11)5-3-10-4-6-17-9-10/h4,6-9H,2-3,5H2,1H3. The molecule has 0 radical (unpaired) electrons. The molecule has 2 rings (SSSR count). The Labute approximate surface area is 104 Å². The number of ether oxygens (including phenoxy) is 1. The van der Waals surface area contributed by atoms with Gasteiger partial charge in [-0.2, -0.15) is 16.4 Å². The lowest BCUT2D eigenvalue weighted by Crippen LogP contribution is -2.04. The third-order valence-corrected chi connectivity index (χ3v) is 3.09. The Kier molecular flexibility index (Phi) is 3.93. The number of carbonyl (C=O) groups excluding carboxylic acids is 1. The summed E-state index contributed by atoms with van der Waals surface area (Å²) in [5.74, 6) is -0.311. The van der Waals surface area contributed by atoms with Crippen LogP contribution in [0.3, 0.4) is 0 Å². The van der Waals surface area contributed by atoms with Gasteiger partial charge in [0.25, 0.3) is 0 Å². The second kappa shape index (κ2) is 5.63. The van der Waals surface area contributed by atoms with E-state index in [1.165, 1.54) is 5.56 Å². The van der Waals surface area contributed by atoms with Crippen LogP contribution in [0.4, 0.5) is 0 Å². The summed E-state index contributed by atoms with van der Waals surface area (Å²) in [6.07, 6.45) is 4.20. The number of aromatic nitrogens is 2. The number of hydrogen-bond acceptors (Lipinski definition) is 4. The molecule has 0 aliphatic rings. The van der Waals surface area contributed by atoms with Crippen LogP contribution >= 0.6 is 11.3 Å². The van der Waals surface area contributed by atoms with Crippen LogP contribution in [0.15, 0.2) is 29.2 Å². The van der Waals surface area contributed by atoms with E-state index in [0.717, 1.165) is 13.0 Å². The predicted octanol–water partition coefficient (Wildman–Crippen LogP) is 2.36. The topological polar surface area (TPSA) is 44.1 Å². The number of esters is 1. The molecule has 0 atom stereocenters. The van der Waals surface area contributed by atoms with Gasteiger partial charge in [0.05, 0.1) is 18.4 Å². The number of rotatable bonds is 5. The fourth-order valence-corrected chi connectivity index (χ4v) is 2.19. The first kappa shape index (κ1) is 11.9. The molecule has 0 bridgehead atoms. The third kappa shape index (κ3) is 3.17. The van der Waals surface area contributed by atoms with Gasteiger partial charge in [0, 0.05) is 12.7 Å². The van der Waals surface area contributed by atoms with Crippen molar-refractivity contribution < 1.29 is 9.53 Å². The molecule has 0 fully saturated rings. The second-order valence-corrected chi connectivity index (χ2v) is 4.37. The van der Waals surface area contributed by atoms with Crippen molar-refractivity contribution in [2.24, 2.45) is 0 Å². The Balaban J connectivity index is 1.92. The van der Waals surface area contributed by atoms with E-state index in [4.69, 9.17) is 4.74 Å². The maximum atomic E-state index is 11.4. The van der Waals surface area contributed by atoms with Gasteiger partial charge in [0.2, 0.25) is 0 Å². The lowest BCUT2D eigenvalue weighted by Gasteiger charge is -1.99. The number of aryl methyl sites for hydroxylation is 2. The van der Waals surface area contributed by atoms with Crippen LogP contribution < -0.4 is 0 Å². The monoisotopic (exact) mass is 250 g/mol. The fraction of sp³-hybridized carbons (Fsp3) is 0.333. The molecular weight excluding hydrogens is 236 g/mol. The summed E-state index contributed by atoms with van der Waals surface area (Å²) in [6, 6.07) is 2.10. The Bertz CT molecular complexity index is 476. The van der Waals surface area contributed by atoms with Crippen molar-refractivity contribution in [3.05, 3.63) is 40.3 Å². The van der Waals surface area contributed by atoms with Gasteiger partial charge in [-0.25, -0.2) is 4.79 Å². The molecule has 0 amide bonds. The summed E-state index contributed by atoms with van der Waals surface area (Å²) in [4.78, 5) is 11.4. The summed E-state index contributed by atoms with van der Waals surface area (Å²) in [5, 5.41) is 8.32. The van der Waals surface area contributed by atoms with Crippen LogP contribution in [0.2, 0.25) is 0 Å². The minimum atomic E-state index is -0.311. The molecule has 2 aromatic heterocycles. The lowest BCUT2D eigenvalue weighted by molar-refractivity contribution is 0.0526. The highest BCUT2D eigenvalue weighted by atomic mass is 32.1. The summed E-state index contributed by atoms with van der Waals surface area (Å²) in [5.41, 5.74) is 1.81. The van der Waals surface area contributed by atoms with Gasteiger partial charge in [-0.1, -0.05) is 0 Å². The predicted molar refractivity (Wildman–Crippen MR) is 66.2 cm³/mol. The van der Waals surface area contributed by atoms with Crippen molar-refractivity contribution >= 4 is 17.3 Å². The summed E-state index contributed by atoms with van der Waals surface area (Å²) < 4.78 is 6.67. The van der Waals surface area contributed by atoms with Crippen LogP contribution in [-0.2, 0) is 17.7 Å². The van der Waals surface area contributed by atoms with Gasteiger partial charge in [-0.15, -0.1) is 0 Å². The minimum Gasteiger partial charge on any atom is -0.462 e. The maximum absolute atomic E-state index is 11.4. The fourth-order valence-electron chi connectivity index (χ4n) is 1.48. The molecule has 0 unspecified atom stereocenters. The molecule has 0 saturated carbocycles. The van der Waals surface area contributed by atoms with Crippen molar-refractivity contribution in [3.63, 3.8) is 0 Å². The van der Waals surface area contributed by atoms with Gasteiger partial charge in [-0.3, -0.25) is 4.68 Å². The van der Waals surface area contributed by atoms with Crippen LogP contribution in [0.1, 0.15) is 22.8 Å². The van der Waals surface area contributed by atoms with Crippen LogP contribution in [0, 0.1) is 0 Å². The number of carbonyl (C=O) groups is 1. The van der Waals surface area contributed by atoms with Gasteiger partial charge < -0.3 is 4.74 Å².